The second-order valence-electron chi connectivity index (χ2n) is 3.91. The van der Waals surface area contributed by atoms with Gasteiger partial charge in [0.05, 0.1) is 5.52 Å². The number of pyridine rings is 1. The molecule has 3 rings (SSSR count). The number of halogens is 1. The topological polar surface area (TPSA) is 53.6 Å². The Balaban J connectivity index is 2.13. The maximum atomic E-state index is 13.2. The molecule has 0 fully saturated rings. The second-order valence-corrected chi connectivity index (χ2v) is 3.91. The van der Waals surface area contributed by atoms with Gasteiger partial charge in [-0.05, 0) is 24.3 Å². The fraction of sp³-hybridized carbons (Fsp3) is 0.0769. The van der Waals surface area contributed by atoms with Gasteiger partial charge in [-0.1, -0.05) is 12.1 Å². The summed E-state index contributed by atoms with van der Waals surface area (Å²) in [5.74, 6) is 1.09. The van der Waals surface area contributed by atoms with E-state index in [0.717, 1.165) is 11.3 Å². The highest BCUT2D eigenvalue weighted by molar-refractivity contribution is 5.77. The molecule has 0 spiro atoms. The third kappa shape index (κ3) is 1.79. The van der Waals surface area contributed by atoms with Crippen LogP contribution in [0.3, 0.4) is 0 Å². The molecule has 2 heterocycles. The first kappa shape index (κ1) is 10.7. The number of aromatic nitrogens is 3. The van der Waals surface area contributed by atoms with Crippen LogP contribution in [0.1, 0.15) is 0 Å². The predicted octanol–water partition coefficient (Wildman–Crippen LogP) is 2.81. The van der Waals surface area contributed by atoms with Gasteiger partial charge in [0.25, 0.3) is 0 Å². The smallest absolute Gasteiger partial charge is 0.180 e. The summed E-state index contributed by atoms with van der Waals surface area (Å²) in [6, 6.07) is 10.1. The molecule has 0 atom stereocenters. The lowest BCUT2D eigenvalue weighted by Gasteiger charge is -1.95. The average Bonchev–Trinajstić information content (AvgIpc) is 2.81. The van der Waals surface area contributed by atoms with Crippen LogP contribution in [-0.2, 0) is 0 Å². The number of benzene rings is 1. The van der Waals surface area contributed by atoms with Gasteiger partial charge in [0.1, 0.15) is 17.5 Å². The van der Waals surface area contributed by atoms with Gasteiger partial charge in [0, 0.05) is 12.6 Å². The molecule has 0 aliphatic carbocycles. The first-order valence-corrected chi connectivity index (χ1v) is 5.57. The Hall–Kier alpha value is -2.43. The fourth-order valence-corrected chi connectivity index (χ4v) is 1.80. The van der Waals surface area contributed by atoms with Crippen molar-refractivity contribution in [3.05, 3.63) is 42.2 Å². The molecule has 1 aromatic carbocycles. The molecule has 0 saturated heterocycles. The molecule has 4 nitrogen and oxygen atoms in total. The minimum atomic E-state index is -0.281. The Morgan fingerprint density at radius 2 is 2.06 bits per heavy atom. The van der Waals surface area contributed by atoms with E-state index in [1.54, 1.807) is 19.2 Å². The van der Waals surface area contributed by atoms with Crippen molar-refractivity contribution < 1.29 is 4.39 Å². The maximum Gasteiger partial charge on any atom is 0.180 e. The Morgan fingerprint density at radius 1 is 1.17 bits per heavy atom. The molecule has 5 heteroatoms. The predicted molar refractivity (Wildman–Crippen MR) is 68.8 cm³/mol. The van der Waals surface area contributed by atoms with Crippen molar-refractivity contribution in [1.82, 2.24) is 15.0 Å². The van der Waals surface area contributed by atoms with Crippen LogP contribution < -0.4 is 5.32 Å². The molecule has 18 heavy (non-hydrogen) atoms. The van der Waals surface area contributed by atoms with E-state index in [-0.39, 0.29) is 5.82 Å². The molecule has 90 valence electrons. The Labute approximate surface area is 103 Å². The SMILES string of the molecule is CNc1ccc2[nH]c(-c3cccc(F)c3)nc2n1. The van der Waals surface area contributed by atoms with Gasteiger partial charge in [-0.3, -0.25) is 0 Å². The highest BCUT2D eigenvalue weighted by atomic mass is 19.1. The number of hydrogen-bond donors (Lipinski definition) is 2. The number of aromatic amines is 1. The fourth-order valence-electron chi connectivity index (χ4n) is 1.80. The Kier molecular flexibility index (Phi) is 2.44. The molecule has 0 radical (unpaired) electrons. The van der Waals surface area contributed by atoms with E-state index in [1.165, 1.54) is 12.1 Å². The molecule has 0 aliphatic rings. The van der Waals surface area contributed by atoms with Crippen molar-refractivity contribution >= 4 is 17.0 Å². The number of hydrogen-bond acceptors (Lipinski definition) is 3. The molecule has 0 amide bonds. The van der Waals surface area contributed by atoms with Crippen LogP contribution in [0.25, 0.3) is 22.6 Å². The van der Waals surface area contributed by atoms with E-state index in [2.05, 4.69) is 20.3 Å². The van der Waals surface area contributed by atoms with E-state index in [0.29, 0.717) is 17.0 Å². The first-order chi connectivity index (χ1) is 8.76. The quantitative estimate of drug-likeness (QED) is 0.726. The minimum absolute atomic E-state index is 0.281. The molecule has 0 saturated carbocycles. The van der Waals surface area contributed by atoms with Crippen molar-refractivity contribution in [2.24, 2.45) is 0 Å². The molecule has 0 bridgehead atoms. The maximum absolute atomic E-state index is 13.2. The van der Waals surface area contributed by atoms with E-state index < -0.39 is 0 Å². The van der Waals surface area contributed by atoms with Crippen LogP contribution in [0, 0.1) is 5.82 Å². The van der Waals surface area contributed by atoms with Crippen LogP contribution in [0.4, 0.5) is 10.2 Å². The summed E-state index contributed by atoms with van der Waals surface area (Å²) in [4.78, 5) is 11.8. The van der Waals surface area contributed by atoms with Gasteiger partial charge in [-0.2, -0.15) is 0 Å². The lowest BCUT2D eigenvalue weighted by atomic mass is 10.2. The van der Waals surface area contributed by atoms with Crippen LogP contribution in [0.5, 0.6) is 0 Å². The van der Waals surface area contributed by atoms with Gasteiger partial charge in [-0.15, -0.1) is 0 Å². The number of imidazole rings is 1. The lowest BCUT2D eigenvalue weighted by molar-refractivity contribution is 0.628. The van der Waals surface area contributed by atoms with Crippen molar-refractivity contribution in [1.29, 1.82) is 0 Å². The monoisotopic (exact) mass is 242 g/mol. The highest BCUT2D eigenvalue weighted by Gasteiger charge is 2.07. The normalized spacial score (nSPS) is 10.8. The zero-order chi connectivity index (χ0) is 12.5. The Bertz CT molecular complexity index is 705. The Morgan fingerprint density at radius 3 is 2.83 bits per heavy atom. The first-order valence-electron chi connectivity index (χ1n) is 5.57. The molecule has 0 unspecified atom stereocenters. The van der Waals surface area contributed by atoms with E-state index in [9.17, 15) is 4.39 Å². The number of nitrogens with one attached hydrogen (secondary N) is 2. The summed E-state index contributed by atoms with van der Waals surface area (Å²) in [7, 11) is 1.80. The number of anilines is 1. The van der Waals surface area contributed by atoms with Gasteiger partial charge in [-0.25, -0.2) is 14.4 Å². The van der Waals surface area contributed by atoms with Crippen molar-refractivity contribution in [2.45, 2.75) is 0 Å². The molecule has 0 aliphatic heterocycles. The standard InChI is InChI=1S/C13H11FN4/c1-15-11-6-5-10-13(17-11)18-12(16-10)8-3-2-4-9(14)7-8/h2-7H,1H3,(H2,15,16,17,18). The number of fused-ring (bicyclic) bond motifs is 1. The summed E-state index contributed by atoms with van der Waals surface area (Å²) in [5, 5.41) is 2.95. The number of rotatable bonds is 2. The lowest BCUT2D eigenvalue weighted by Crippen LogP contribution is -1.91. The number of nitrogens with zero attached hydrogens (tertiary/aromatic N) is 2. The van der Waals surface area contributed by atoms with Crippen molar-refractivity contribution in [3.63, 3.8) is 0 Å². The zero-order valence-corrected chi connectivity index (χ0v) is 9.74. The average molecular weight is 242 g/mol. The van der Waals surface area contributed by atoms with Gasteiger partial charge < -0.3 is 10.3 Å². The minimum Gasteiger partial charge on any atom is -0.373 e. The van der Waals surface area contributed by atoms with Crippen LogP contribution in [0.15, 0.2) is 36.4 Å². The van der Waals surface area contributed by atoms with E-state index in [4.69, 9.17) is 0 Å². The van der Waals surface area contributed by atoms with Crippen LogP contribution in [-0.4, -0.2) is 22.0 Å². The molecular weight excluding hydrogens is 231 g/mol. The summed E-state index contributed by atoms with van der Waals surface area (Å²) in [6.07, 6.45) is 0. The van der Waals surface area contributed by atoms with E-state index in [1.807, 2.05) is 12.1 Å². The third-order valence-corrected chi connectivity index (χ3v) is 2.70. The van der Waals surface area contributed by atoms with Crippen molar-refractivity contribution in [2.75, 3.05) is 12.4 Å². The summed E-state index contributed by atoms with van der Waals surface area (Å²) in [5.41, 5.74) is 2.15. The number of H-pyrrole nitrogens is 1. The zero-order valence-electron chi connectivity index (χ0n) is 9.74. The molecule has 3 aromatic rings. The van der Waals surface area contributed by atoms with E-state index >= 15 is 0 Å². The molecule has 2 aromatic heterocycles. The summed E-state index contributed by atoms with van der Waals surface area (Å²) in [6.45, 7) is 0. The van der Waals surface area contributed by atoms with Crippen molar-refractivity contribution in [3.8, 4) is 11.4 Å². The molecule has 2 N–H and O–H groups in total. The largest absolute Gasteiger partial charge is 0.373 e. The van der Waals surface area contributed by atoms with Gasteiger partial charge in [0.15, 0.2) is 5.65 Å². The molecular formula is C13H11FN4. The second kappa shape index (κ2) is 4.10. The highest BCUT2D eigenvalue weighted by Crippen LogP contribution is 2.21. The van der Waals surface area contributed by atoms with Gasteiger partial charge >= 0.3 is 0 Å². The summed E-state index contributed by atoms with van der Waals surface area (Å²) >= 11 is 0. The van der Waals surface area contributed by atoms with Gasteiger partial charge in [0.2, 0.25) is 0 Å². The summed E-state index contributed by atoms with van der Waals surface area (Å²) < 4.78 is 13.2. The third-order valence-electron chi connectivity index (χ3n) is 2.70. The van der Waals surface area contributed by atoms with Crippen LogP contribution >= 0.6 is 0 Å². The van der Waals surface area contributed by atoms with Crippen LogP contribution in [0.2, 0.25) is 0 Å².